The van der Waals surface area contributed by atoms with E-state index in [9.17, 15) is 5.11 Å². The maximum Gasteiger partial charge on any atom is 0.134 e. The van der Waals surface area contributed by atoms with Crippen molar-refractivity contribution >= 4 is 11.6 Å². The third kappa shape index (κ3) is 2.38. The van der Waals surface area contributed by atoms with Gasteiger partial charge in [0.05, 0.1) is 5.02 Å². The summed E-state index contributed by atoms with van der Waals surface area (Å²) in [5, 5.41) is 18.5. The Balaban J connectivity index is 3.01. The molecule has 0 heterocycles. The average Bonchev–Trinajstić information content (AvgIpc) is 2.09. The number of phenolic OH excluding ortho intramolecular Hbond substituents is 1. The molecule has 0 aliphatic rings. The van der Waals surface area contributed by atoms with Gasteiger partial charge in [0, 0.05) is 12.1 Å². The lowest BCUT2D eigenvalue weighted by atomic mass is 9.90. The highest BCUT2D eigenvalue weighted by Gasteiger charge is 2.21. The van der Waals surface area contributed by atoms with E-state index in [1.165, 1.54) is 6.07 Å². The highest BCUT2D eigenvalue weighted by Crippen LogP contribution is 2.29. The van der Waals surface area contributed by atoms with Gasteiger partial charge in [-0.05, 0) is 31.0 Å². The van der Waals surface area contributed by atoms with Crippen LogP contribution in [0.3, 0.4) is 0 Å². The summed E-state index contributed by atoms with van der Waals surface area (Å²) >= 11 is 5.67. The van der Waals surface area contributed by atoms with Gasteiger partial charge < -0.3 is 15.9 Å². The number of hydrogen-bond donors (Lipinski definition) is 3. The molecule has 1 atom stereocenters. The molecule has 0 bridgehead atoms. The third-order valence-electron chi connectivity index (χ3n) is 2.24. The zero-order chi connectivity index (χ0) is 10.8. The lowest BCUT2D eigenvalue weighted by Gasteiger charge is -2.24. The van der Waals surface area contributed by atoms with Crippen LogP contribution in [0.15, 0.2) is 18.2 Å². The second-order valence-electron chi connectivity index (χ2n) is 3.56. The monoisotopic (exact) mass is 215 g/mol. The molecule has 0 aromatic heterocycles. The Kier molecular flexibility index (Phi) is 3.37. The molecule has 4 N–H and O–H groups in total. The van der Waals surface area contributed by atoms with Crippen LogP contribution < -0.4 is 5.73 Å². The fourth-order valence-corrected chi connectivity index (χ4v) is 1.36. The van der Waals surface area contributed by atoms with Gasteiger partial charge in [0.15, 0.2) is 0 Å². The van der Waals surface area contributed by atoms with Crippen LogP contribution >= 0.6 is 11.6 Å². The fraction of sp³-hybridized carbons (Fsp3) is 0.400. The van der Waals surface area contributed by atoms with Crippen molar-refractivity contribution in [2.45, 2.75) is 18.9 Å². The average molecular weight is 216 g/mol. The Morgan fingerprint density at radius 3 is 2.64 bits per heavy atom. The van der Waals surface area contributed by atoms with Crippen molar-refractivity contribution in [3.63, 3.8) is 0 Å². The number of aliphatic hydroxyl groups excluding tert-OH is 1. The van der Waals surface area contributed by atoms with E-state index in [2.05, 4.69) is 0 Å². The molecule has 0 radical (unpaired) electrons. The summed E-state index contributed by atoms with van der Waals surface area (Å²) < 4.78 is 0. The standard InChI is InChI=1S/C10H14ClNO2/c1-10(12,4-5-13)7-2-3-8(11)9(14)6-7/h2-3,6,13-14H,4-5,12H2,1H3. The van der Waals surface area contributed by atoms with Crippen LogP contribution in [-0.2, 0) is 5.54 Å². The van der Waals surface area contributed by atoms with Crippen molar-refractivity contribution in [2.75, 3.05) is 6.61 Å². The third-order valence-corrected chi connectivity index (χ3v) is 2.56. The van der Waals surface area contributed by atoms with Crippen molar-refractivity contribution in [1.82, 2.24) is 0 Å². The smallest absolute Gasteiger partial charge is 0.134 e. The molecule has 0 saturated heterocycles. The molecule has 14 heavy (non-hydrogen) atoms. The van der Waals surface area contributed by atoms with E-state index < -0.39 is 5.54 Å². The van der Waals surface area contributed by atoms with E-state index in [1.54, 1.807) is 19.1 Å². The molecule has 1 aromatic rings. The molecule has 0 amide bonds. The predicted octanol–water partition coefficient (Wildman–Crippen LogP) is 1.60. The van der Waals surface area contributed by atoms with Crippen LogP contribution in [0, 0.1) is 0 Å². The maximum atomic E-state index is 9.38. The van der Waals surface area contributed by atoms with Gasteiger partial charge in [0.1, 0.15) is 5.75 Å². The van der Waals surface area contributed by atoms with Gasteiger partial charge in [-0.1, -0.05) is 17.7 Å². The quantitative estimate of drug-likeness (QED) is 0.718. The van der Waals surface area contributed by atoms with Crippen LogP contribution in [0.25, 0.3) is 0 Å². The van der Waals surface area contributed by atoms with Crippen LogP contribution in [0.5, 0.6) is 5.75 Å². The Morgan fingerprint density at radius 2 is 2.14 bits per heavy atom. The van der Waals surface area contributed by atoms with Crippen molar-refractivity contribution in [3.8, 4) is 5.75 Å². The molecular weight excluding hydrogens is 202 g/mol. The first-order chi connectivity index (χ1) is 6.47. The van der Waals surface area contributed by atoms with Gasteiger partial charge in [0.25, 0.3) is 0 Å². The number of rotatable bonds is 3. The zero-order valence-electron chi connectivity index (χ0n) is 8.00. The Bertz CT molecular complexity index is 326. The molecule has 0 aliphatic heterocycles. The van der Waals surface area contributed by atoms with Crippen LogP contribution in [-0.4, -0.2) is 16.8 Å². The molecule has 1 unspecified atom stereocenters. The minimum Gasteiger partial charge on any atom is -0.506 e. The summed E-state index contributed by atoms with van der Waals surface area (Å²) in [5.41, 5.74) is 6.07. The van der Waals surface area contributed by atoms with E-state index in [1.807, 2.05) is 0 Å². The molecular formula is C10H14ClNO2. The molecule has 0 spiro atoms. The van der Waals surface area contributed by atoms with Crippen LogP contribution in [0.4, 0.5) is 0 Å². The lowest BCUT2D eigenvalue weighted by Crippen LogP contribution is -2.33. The highest BCUT2D eigenvalue weighted by atomic mass is 35.5. The first kappa shape index (κ1) is 11.3. The fourth-order valence-electron chi connectivity index (χ4n) is 1.24. The van der Waals surface area contributed by atoms with Gasteiger partial charge in [0.2, 0.25) is 0 Å². The second kappa shape index (κ2) is 4.17. The summed E-state index contributed by atoms with van der Waals surface area (Å²) in [6.07, 6.45) is 0.439. The van der Waals surface area contributed by atoms with E-state index in [-0.39, 0.29) is 12.4 Å². The summed E-state index contributed by atoms with van der Waals surface area (Å²) in [7, 11) is 0. The first-order valence-electron chi connectivity index (χ1n) is 4.36. The van der Waals surface area contributed by atoms with E-state index in [0.29, 0.717) is 11.4 Å². The summed E-state index contributed by atoms with van der Waals surface area (Å²) in [4.78, 5) is 0. The largest absolute Gasteiger partial charge is 0.506 e. The van der Waals surface area contributed by atoms with Gasteiger partial charge in [-0.2, -0.15) is 0 Å². The van der Waals surface area contributed by atoms with E-state index in [4.69, 9.17) is 22.4 Å². The van der Waals surface area contributed by atoms with Crippen molar-refractivity contribution in [3.05, 3.63) is 28.8 Å². The minimum absolute atomic E-state index is 0.0103. The molecule has 0 saturated carbocycles. The SMILES string of the molecule is CC(N)(CCO)c1ccc(Cl)c(O)c1. The molecule has 0 aliphatic carbocycles. The lowest BCUT2D eigenvalue weighted by molar-refractivity contribution is 0.247. The van der Waals surface area contributed by atoms with E-state index >= 15 is 0 Å². The second-order valence-corrected chi connectivity index (χ2v) is 3.96. The van der Waals surface area contributed by atoms with Crippen molar-refractivity contribution in [1.29, 1.82) is 0 Å². The number of aliphatic hydroxyl groups is 1. The Morgan fingerprint density at radius 1 is 1.50 bits per heavy atom. The van der Waals surface area contributed by atoms with Crippen molar-refractivity contribution < 1.29 is 10.2 Å². The normalized spacial score (nSPS) is 15.1. The topological polar surface area (TPSA) is 66.5 Å². The molecule has 0 fully saturated rings. The van der Waals surface area contributed by atoms with Crippen LogP contribution in [0.2, 0.25) is 5.02 Å². The summed E-state index contributed by atoms with van der Waals surface area (Å²) in [5.74, 6) is 0.0128. The first-order valence-corrected chi connectivity index (χ1v) is 4.74. The predicted molar refractivity (Wildman–Crippen MR) is 56.4 cm³/mol. The Labute approximate surface area is 88.1 Å². The number of hydrogen-bond acceptors (Lipinski definition) is 3. The number of halogens is 1. The van der Waals surface area contributed by atoms with Gasteiger partial charge in [-0.25, -0.2) is 0 Å². The number of phenols is 1. The Hall–Kier alpha value is -0.770. The maximum absolute atomic E-state index is 9.38. The molecule has 1 aromatic carbocycles. The van der Waals surface area contributed by atoms with Gasteiger partial charge >= 0.3 is 0 Å². The van der Waals surface area contributed by atoms with E-state index in [0.717, 1.165) is 5.56 Å². The minimum atomic E-state index is -0.642. The zero-order valence-corrected chi connectivity index (χ0v) is 8.75. The molecule has 4 heteroatoms. The molecule has 3 nitrogen and oxygen atoms in total. The molecule has 1 rings (SSSR count). The molecule has 78 valence electrons. The summed E-state index contributed by atoms with van der Waals surface area (Å²) in [6, 6.07) is 4.87. The highest BCUT2D eigenvalue weighted by molar-refractivity contribution is 6.32. The number of aromatic hydroxyl groups is 1. The number of nitrogens with two attached hydrogens (primary N) is 1. The summed E-state index contributed by atoms with van der Waals surface area (Å²) in [6.45, 7) is 1.81. The number of benzene rings is 1. The van der Waals surface area contributed by atoms with Crippen molar-refractivity contribution in [2.24, 2.45) is 5.73 Å². The van der Waals surface area contributed by atoms with Gasteiger partial charge in [-0.15, -0.1) is 0 Å². The van der Waals surface area contributed by atoms with Gasteiger partial charge in [-0.3, -0.25) is 0 Å². The van der Waals surface area contributed by atoms with Crippen LogP contribution in [0.1, 0.15) is 18.9 Å².